The van der Waals surface area contributed by atoms with Gasteiger partial charge in [0.25, 0.3) is 0 Å². The lowest BCUT2D eigenvalue weighted by Crippen LogP contribution is -2.52. The number of benzene rings is 1. The van der Waals surface area contributed by atoms with Gasteiger partial charge in [0.15, 0.2) is 5.11 Å². The predicted molar refractivity (Wildman–Crippen MR) is 114 cm³/mol. The second-order valence-corrected chi connectivity index (χ2v) is 8.53. The first-order chi connectivity index (χ1) is 13.3. The number of rotatable bonds is 5. The maximum Gasteiger partial charge on any atom is 0.169 e. The summed E-state index contributed by atoms with van der Waals surface area (Å²) in [5, 5.41) is 5.52. The molecular formula is C19H27N5OS2. The average Bonchev–Trinajstić information content (AvgIpc) is 3.11. The molecule has 0 bridgehead atoms. The molecule has 1 N–H and O–H groups in total. The first-order valence-electron chi connectivity index (χ1n) is 9.67. The lowest BCUT2D eigenvalue weighted by Gasteiger charge is -2.36. The third-order valence-corrected chi connectivity index (χ3v) is 6.59. The zero-order chi connectivity index (χ0) is 18.5. The Morgan fingerprint density at radius 2 is 1.85 bits per heavy atom. The highest BCUT2D eigenvalue weighted by molar-refractivity contribution is 7.80. The van der Waals surface area contributed by atoms with E-state index in [9.17, 15) is 0 Å². The Morgan fingerprint density at radius 3 is 2.63 bits per heavy atom. The summed E-state index contributed by atoms with van der Waals surface area (Å²) in [7, 11) is 0. The van der Waals surface area contributed by atoms with Crippen LogP contribution in [0.2, 0.25) is 0 Å². The molecule has 0 radical (unpaired) electrons. The number of fused-ring (bicyclic) bond motifs is 1. The van der Waals surface area contributed by atoms with E-state index in [4.69, 9.17) is 21.9 Å². The largest absolute Gasteiger partial charge is 0.379 e. The Morgan fingerprint density at radius 1 is 1.07 bits per heavy atom. The van der Waals surface area contributed by atoms with Gasteiger partial charge in [-0.05, 0) is 24.4 Å². The van der Waals surface area contributed by atoms with Gasteiger partial charge >= 0.3 is 0 Å². The molecule has 0 atom stereocenters. The number of thiazole rings is 1. The number of ether oxygens (including phenoxy) is 1. The first kappa shape index (κ1) is 19.0. The molecule has 2 fully saturated rings. The number of nitrogens with one attached hydrogen (secondary N) is 1. The summed E-state index contributed by atoms with van der Waals surface area (Å²) >= 11 is 7.40. The van der Waals surface area contributed by atoms with Gasteiger partial charge in [-0.25, -0.2) is 4.98 Å². The lowest BCUT2D eigenvalue weighted by atomic mass is 10.3. The summed E-state index contributed by atoms with van der Waals surface area (Å²) < 4.78 is 6.66. The van der Waals surface area contributed by atoms with Gasteiger partial charge in [0.1, 0.15) is 5.01 Å². The van der Waals surface area contributed by atoms with Crippen molar-refractivity contribution in [1.82, 2.24) is 25.0 Å². The monoisotopic (exact) mass is 405 g/mol. The number of para-hydroxylation sites is 1. The summed E-state index contributed by atoms with van der Waals surface area (Å²) in [6, 6.07) is 8.37. The van der Waals surface area contributed by atoms with Crippen LogP contribution in [0.3, 0.4) is 0 Å². The van der Waals surface area contributed by atoms with Gasteiger partial charge in [0.05, 0.1) is 30.0 Å². The van der Waals surface area contributed by atoms with Crippen LogP contribution in [-0.4, -0.2) is 90.4 Å². The molecule has 2 aromatic rings. The Bertz CT molecular complexity index is 720. The fourth-order valence-corrected chi connectivity index (χ4v) is 4.84. The van der Waals surface area contributed by atoms with Gasteiger partial charge in [-0.3, -0.25) is 9.80 Å². The van der Waals surface area contributed by atoms with Gasteiger partial charge in [0, 0.05) is 52.4 Å². The van der Waals surface area contributed by atoms with Crippen molar-refractivity contribution in [2.24, 2.45) is 0 Å². The van der Waals surface area contributed by atoms with Crippen molar-refractivity contribution >= 4 is 38.9 Å². The van der Waals surface area contributed by atoms with E-state index in [0.717, 1.165) is 82.7 Å². The Hall–Kier alpha value is -1.32. The number of morpholine rings is 1. The van der Waals surface area contributed by atoms with Crippen molar-refractivity contribution in [3.8, 4) is 0 Å². The van der Waals surface area contributed by atoms with Crippen LogP contribution in [0.1, 0.15) is 5.01 Å². The summed E-state index contributed by atoms with van der Waals surface area (Å²) in [6.45, 7) is 10.6. The molecule has 1 aromatic carbocycles. The van der Waals surface area contributed by atoms with Crippen LogP contribution >= 0.6 is 23.6 Å². The lowest BCUT2D eigenvalue weighted by molar-refractivity contribution is 0.0388. The summed E-state index contributed by atoms with van der Waals surface area (Å²) in [5.74, 6) is 0. The standard InChI is InChI=1S/C19H27N5OS2/c26-19(20-5-6-22-11-13-25-14-12-22)24-9-7-23(8-10-24)15-18-21-16-3-1-2-4-17(16)27-18/h1-4H,5-15H2,(H,20,26). The highest BCUT2D eigenvalue weighted by Crippen LogP contribution is 2.23. The van der Waals surface area contributed by atoms with Crippen molar-refractivity contribution in [1.29, 1.82) is 0 Å². The van der Waals surface area contributed by atoms with Crippen LogP contribution in [-0.2, 0) is 11.3 Å². The Labute approximate surface area is 170 Å². The molecule has 146 valence electrons. The number of nitrogens with zero attached hydrogens (tertiary/aromatic N) is 4. The molecule has 8 heteroatoms. The van der Waals surface area contributed by atoms with Crippen LogP contribution in [0.5, 0.6) is 0 Å². The van der Waals surface area contributed by atoms with E-state index in [0.29, 0.717) is 0 Å². The van der Waals surface area contributed by atoms with E-state index in [1.807, 2.05) is 0 Å². The number of hydrogen-bond donors (Lipinski definition) is 1. The van der Waals surface area contributed by atoms with Gasteiger partial charge in [-0.2, -0.15) is 0 Å². The van der Waals surface area contributed by atoms with E-state index < -0.39 is 0 Å². The Kier molecular flexibility index (Phi) is 6.51. The van der Waals surface area contributed by atoms with Crippen LogP contribution in [0, 0.1) is 0 Å². The molecule has 0 saturated carbocycles. The van der Waals surface area contributed by atoms with Crippen LogP contribution in [0.15, 0.2) is 24.3 Å². The molecular weight excluding hydrogens is 378 g/mol. The fraction of sp³-hybridized carbons (Fsp3) is 0.579. The predicted octanol–water partition coefficient (Wildman–Crippen LogP) is 1.62. The molecule has 27 heavy (non-hydrogen) atoms. The summed E-state index contributed by atoms with van der Waals surface area (Å²) in [6.07, 6.45) is 0. The molecule has 4 rings (SSSR count). The third kappa shape index (κ3) is 5.14. The second-order valence-electron chi connectivity index (χ2n) is 7.02. The van der Waals surface area contributed by atoms with Crippen molar-refractivity contribution in [3.63, 3.8) is 0 Å². The molecule has 1 aromatic heterocycles. The maximum atomic E-state index is 5.60. The molecule has 2 aliphatic rings. The number of hydrogen-bond acceptors (Lipinski definition) is 6. The molecule has 0 aliphatic carbocycles. The van der Waals surface area contributed by atoms with Crippen molar-refractivity contribution in [3.05, 3.63) is 29.3 Å². The number of piperazine rings is 1. The van der Waals surface area contributed by atoms with Crippen LogP contribution in [0.4, 0.5) is 0 Å². The zero-order valence-electron chi connectivity index (χ0n) is 15.6. The topological polar surface area (TPSA) is 43.9 Å². The quantitative estimate of drug-likeness (QED) is 0.759. The van der Waals surface area contributed by atoms with Gasteiger partial charge < -0.3 is 15.0 Å². The maximum absolute atomic E-state index is 5.60. The minimum atomic E-state index is 0.848. The van der Waals surface area contributed by atoms with E-state index in [-0.39, 0.29) is 0 Å². The second kappa shape index (κ2) is 9.25. The van der Waals surface area contributed by atoms with E-state index in [2.05, 4.69) is 44.3 Å². The van der Waals surface area contributed by atoms with Crippen molar-refractivity contribution in [2.75, 3.05) is 65.6 Å². The average molecular weight is 406 g/mol. The summed E-state index contributed by atoms with van der Waals surface area (Å²) in [4.78, 5) is 12.0. The molecule has 6 nitrogen and oxygen atoms in total. The zero-order valence-corrected chi connectivity index (χ0v) is 17.2. The minimum Gasteiger partial charge on any atom is -0.379 e. The molecule has 2 saturated heterocycles. The minimum absolute atomic E-state index is 0.848. The molecule has 0 unspecified atom stereocenters. The third-order valence-electron chi connectivity index (χ3n) is 5.16. The van der Waals surface area contributed by atoms with Crippen LogP contribution < -0.4 is 5.32 Å². The van der Waals surface area contributed by atoms with Crippen molar-refractivity contribution < 1.29 is 4.74 Å². The first-order valence-corrected chi connectivity index (χ1v) is 10.9. The van der Waals surface area contributed by atoms with Gasteiger partial charge in [-0.1, -0.05) is 12.1 Å². The van der Waals surface area contributed by atoms with E-state index in [1.54, 1.807) is 11.3 Å². The molecule has 2 aliphatic heterocycles. The van der Waals surface area contributed by atoms with Crippen molar-refractivity contribution in [2.45, 2.75) is 6.54 Å². The Balaban J connectivity index is 1.18. The number of aromatic nitrogens is 1. The van der Waals surface area contributed by atoms with Gasteiger partial charge in [0.2, 0.25) is 0 Å². The fourth-order valence-electron chi connectivity index (χ4n) is 3.55. The van der Waals surface area contributed by atoms with E-state index in [1.165, 1.54) is 9.71 Å². The molecule has 3 heterocycles. The summed E-state index contributed by atoms with van der Waals surface area (Å²) in [5.41, 5.74) is 1.11. The normalized spacial score (nSPS) is 19.5. The van der Waals surface area contributed by atoms with E-state index >= 15 is 0 Å². The SMILES string of the molecule is S=C(NCCN1CCOCC1)N1CCN(Cc2nc3ccccc3s2)CC1. The smallest absolute Gasteiger partial charge is 0.169 e. The molecule has 0 amide bonds. The van der Waals surface area contributed by atoms with Gasteiger partial charge in [-0.15, -0.1) is 11.3 Å². The highest BCUT2D eigenvalue weighted by atomic mass is 32.1. The highest BCUT2D eigenvalue weighted by Gasteiger charge is 2.20. The molecule has 0 spiro atoms. The van der Waals surface area contributed by atoms with Crippen LogP contribution in [0.25, 0.3) is 10.2 Å². The number of thiocarbonyl (C=S) groups is 1.